The van der Waals surface area contributed by atoms with E-state index in [0.717, 1.165) is 29.3 Å². The quantitative estimate of drug-likeness (QED) is 0.416. The van der Waals surface area contributed by atoms with Crippen LogP contribution < -0.4 is 10.6 Å². The van der Waals surface area contributed by atoms with Gasteiger partial charge < -0.3 is 20.0 Å². The number of carbonyl (C=O) groups is 2. The molecule has 32 heavy (non-hydrogen) atoms. The fourth-order valence-corrected chi connectivity index (χ4v) is 4.44. The number of hydrogen-bond donors (Lipinski definition) is 3. The zero-order chi connectivity index (χ0) is 22.1. The average molecular weight is 428 g/mol. The molecule has 1 aliphatic rings. The third-order valence-electron chi connectivity index (χ3n) is 6.10. The number of amides is 2. The minimum Gasteiger partial charge on any atom is -0.459 e. The molecule has 0 saturated heterocycles. The van der Waals surface area contributed by atoms with Crippen molar-refractivity contribution < 1.29 is 14.0 Å². The van der Waals surface area contributed by atoms with Crippen molar-refractivity contribution in [1.82, 2.24) is 10.3 Å². The largest absolute Gasteiger partial charge is 0.459 e. The number of carbonyl (C=O) groups excluding carboxylic acids is 2. The van der Waals surface area contributed by atoms with Gasteiger partial charge in [0, 0.05) is 23.3 Å². The van der Waals surface area contributed by atoms with Gasteiger partial charge in [0.2, 0.25) is 0 Å². The molecular formula is C26H25N3O3. The van der Waals surface area contributed by atoms with Crippen LogP contribution in [0.3, 0.4) is 0 Å². The topological polar surface area (TPSA) is 87.1 Å². The first kappa shape index (κ1) is 20.1. The van der Waals surface area contributed by atoms with Gasteiger partial charge in [-0.1, -0.05) is 31.2 Å². The second kappa shape index (κ2) is 8.38. The Balaban J connectivity index is 1.30. The standard InChI is InChI=1S/C26H25N3O3/c1-16-10-11-22-21(13-16)19-7-3-8-20(24(19)29-22)25(30)27-15-17-5-2-6-18(14-17)28-26(31)23-9-4-12-32-23/h2-9,12,14,16,29H,10-11,13,15H2,1H3,(H,27,30)(H,28,31). The lowest BCUT2D eigenvalue weighted by Crippen LogP contribution is -2.23. The van der Waals surface area contributed by atoms with Gasteiger partial charge >= 0.3 is 0 Å². The Kier molecular flexibility index (Phi) is 5.27. The monoisotopic (exact) mass is 427 g/mol. The normalized spacial score (nSPS) is 15.3. The number of aryl methyl sites for hydroxylation is 1. The lowest BCUT2D eigenvalue weighted by atomic mass is 9.87. The van der Waals surface area contributed by atoms with E-state index in [9.17, 15) is 9.59 Å². The lowest BCUT2D eigenvalue weighted by molar-refractivity contribution is 0.0951. The number of nitrogens with one attached hydrogen (secondary N) is 3. The summed E-state index contributed by atoms with van der Waals surface area (Å²) in [4.78, 5) is 28.7. The van der Waals surface area contributed by atoms with E-state index in [0.29, 0.717) is 23.7 Å². The number of furan rings is 1. The number of aromatic nitrogens is 1. The number of para-hydroxylation sites is 1. The number of benzene rings is 2. The number of rotatable bonds is 5. The minimum atomic E-state index is -0.312. The Morgan fingerprint density at radius 3 is 2.81 bits per heavy atom. The maximum absolute atomic E-state index is 13.0. The van der Waals surface area contributed by atoms with Gasteiger partial charge in [0.05, 0.1) is 17.3 Å². The summed E-state index contributed by atoms with van der Waals surface area (Å²) < 4.78 is 5.12. The molecule has 0 saturated carbocycles. The molecule has 1 unspecified atom stereocenters. The number of anilines is 1. The van der Waals surface area contributed by atoms with Gasteiger partial charge in [0.1, 0.15) is 0 Å². The van der Waals surface area contributed by atoms with Crippen molar-refractivity contribution >= 4 is 28.4 Å². The van der Waals surface area contributed by atoms with E-state index in [1.54, 1.807) is 18.2 Å². The summed E-state index contributed by atoms with van der Waals surface area (Å²) in [5.41, 5.74) is 5.73. The molecule has 1 atom stereocenters. The van der Waals surface area contributed by atoms with Crippen molar-refractivity contribution in [2.45, 2.75) is 32.7 Å². The predicted octanol–water partition coefficient (Wildman–Crippen LogP) is 5.07. The van der Waals surface area contributed by atoms with Gasteiger partial charge in [-0.2, -0.15) is 0 Å². The van der Waals surface area contributed by atoms with Gasteiger partial charge in [-0.15, -0.1) is 0 Å². The molecule has 4 aromatic rings. The number of hydrogen-bond acceptors (Lipinski definition) is 3. The van der Waals surface area contributed by atoms with E-state index in [1.807, 2.05) is 30.3 Å². The van der Waals surface area contributed by atoms with Gasteiger partial charge in [-0.25, -0.2) is 0 Å². The highest BCUT2D eigenvalue weighted by Crippen LogP contribution is 2.33. The predicted molar refractivity (Wildman–Crippen MR) is 124 cm³/mol. The number of fused-ring (bicyclic) bond motifs is 3. The SMILES string of the molecule is CC1CCc2[nH]c3c(C(=O)NCc4cccc(NC(=O)c5ccco5)c4)cccc3c2C1. The Hall–Kier alpha value is -3.80. The molecule has 2 amide bonds. The van der Waals surface area contributed by atoms with Crippen LogP contribution in [0.25, 0.3) is 10.9 Å². The Morgan fingerprint density at radius 2 is 1.97 bits per heavy atom. The highest BCUT2D eigenvalue weighted by atomic mass is 16.3. The minimum absolute atomic E-state index is 0.118. The summed E-state index contributed by atoms with van der Waals surface area (Å²) in [6.45, 7) is 2.64. The van der Waals surface area contributed by atoms with Crippen molar-refractivity contribution in [1.29, 1.82) is 0 Å². The summed E-state index contributed by atoms with van der Waals surface area (Å²) >= 11 is 0. The maximum Gasteiger partial charge on any atom is 0.291 e. The van der Waals surface area contributed by atoms with E-state index in [4.69, 9.17) is 4.42 Å². The zero-order valence-electron chi connectivity index (χ0n) is 17.9. The molecule has 0 radical (unpaired) electrons. The summed E-state index contributed by atoms with van der Waals surface area (Å²) in [6.07, 6.45) is 4.72. The molecule has 2 aromatic carbocycles. The van der Waals surface area contributed by atoms with Crippen molar-refractivity contribution in [3.63, 3.8) is 0 Å². The van der Waals surface area contributed by atoms with Crippen LogP contribution in [0.2, 0.25) is 0 Å². The third kappa shape index (κ3) is 3.91. The lowest BCUT2D eigenvalue weighted by Gasteiger charge is -2.17. The fourth-order valence-electron chi connectivity index (χ4n) is 4.44. The van der Waals surface area contributed by atoms with Crippen LogP contribution in [0, 0.1) is 5.92 Å². The van der Waals surface area contributed by atoms with Crippen LogP contribution in [0.15, 0.2) is 65.3 Å². The average Bonchev–Trinajstić information content (AvgIpc) is 3.46. The van der Waals surface area contributed by atoms with Crippen molar-refractivity contribution in [2.24, 2.45) is 5.92 Å². The van der Waals surface area contributed by atoms with E-state index >= 15 is 0 Å². The molecule has 0 spiro atoms. The Labute approximate surface area is 186 Å². The third-order valence-corrected chi connectivity index (χ3v) is 6.10. The van der Waals surface area contributed by atoms with Crippen molar-refractivity contribution in [2.75, 3.05) is 5.32 Å². The second-order valence-electron chi connectivity index (χ2n) is 8.47. The summed E-state index contributed by atoms with van der Waals surface area (Å²) in [5, 5.41) is 6.98. The molecular weight excluding hydrogens is 402 g/mol. The van der Waals surface area contributed by atoms with Gasteiger partial charge in [-0.3, -0.25) is 9.59 Å². The Bertz CT molecular complexity index is 1290. The van der Waals surface area contributed by atoms with E-state index < -0.39 is 0 Å². The zero-order valence-corrected chi connectivity index (χ0v) is 17.9. The fraction of sp³-hybridized carbons (Fsp3) is 0.231. The number of aromatic amines is 1. The van der Waals surface area contributed by atoms with Crippen LogP contribution in [0.1, 0.15) is 51.1 Å². The van der Waals surface area contributed by atoms with Crippen LogP contribution in [0.5, 0.6) is 0 Å². The molecule has 6 heteroatoms. The Morgan fingerprint density at radius 1 is 1.09 bits per heavy atom. The van der Waals surface area contributed by atoms with Gasteiger partial charge in [0.25, 0.3) is 11.8 Å². The first-order chi connectivity index (χ1) is 15.6. The smallest absolute Gasteiger partial charge is 0.291 e. The first-order valence-electron chi connectivity index (χ1n) is 10.9. The van der Waals surface area contributed by atoms with Gasteiger partial charge in [-0.05, 0) is 66.6 Å². The molecule has 2 heterocycles. The van der Waals surface area contributed by atoms with Crippen LogP contribution in [-0.4, -0.2) is 16.8 Å². The van der Waals surface area contributed by atoms with E-state index in [2.05, 4.69) is 28.6 Å². The molecule has 6 nitrogen and oxygen atoms in total. The van der Waals surface area contributed by atoms with Crippen LogP contribution in [-0.2, 0) is 19.4 Å². The molecule has 5 rings (SSSR count). The second-order valence-corrected chi connectivity index (χ2v) is 8.47. The molecule has 1 aliphatic carbocycles. The molecule has 0 fully saturated rings. The summed E-state index contributed by atoms with van der Waals surface area (Å²) in [6, 6.07) is 16.6. The first-order valence-corrected chi connectivity index (χ1v) is 10.9. The molecule has 0 bridgehead atoms. The van der Waals surface area contributed by atoms with Gasteiger partial charge in [0.15, 0.2) is 5.76 Å². The van der Waals surface area contributed by atoms with Crippen LogP contribution >= 0.6 is 0 Å². The molecule has 0 aliphatic heterocycles. The van der Waals surface area contributed by atoms with E-state index in [-0.39, 0.29) is 17.6 Å². The van der Waals surface area contributed by atoms with Crippen LogP contribution in [0.4, 0.5) is 5.69 Å². The highest BCUT2D eigenvalue weighted by molar-refractivity contribution is 6.07. The summed E-state index contributed by atoms with van der Waals surface area (Å²) in [5.74, 6) is 0.486. The molecule has 3 N–H and O–H groups in total. The molecule has 2 aromatic heterocycles. The van der Waals surface area contributed by atoms with E-state index in [1.165, 1.54) is 23.9 Å². The maximum atomic E-state index is 13.0. The highest BCUT2D eigenvalue weighted by Gasteiger charge is 2.22. The number of H-pyrrole nitrogens is 1. The van der Waals surface area contributed by atoms with Crippen molar-refractivity contribution in [3.8, 4) is 0 Å². The van der Waals surface area contributed by atoms with Crippen molar-refractivity contribution in [3.05, 3.63) is 89.0 Å². The molecule has 162 valence electrons. The summed E-state index contributed by atoms with van der Waals surface area (Å²) in [7, 11) is 0.